The highest BCUT2D eigenvalue weighted by molar-refractivity contribution is 9.10. The number of rotatable bonds is 3. The molecule has 4 nitrogen and oxygen atoms in total. The van der Waals surface area contributed by atoms with Gasteiger partial charge in [-0.1, -0.05) is 0 Å². The van der Waals surface area contributed by atoms with Gasteiger partial charge in [0.15, 0.2) is 0 Å². The van der Waals surface area contributed by atoms with Crippen LogP contribution in [0.25, 0.3) is 0 Å². The van der Waals surface area contributed by atoms with E-state index in [0.29, 0.717) is 12.1 Å². The first-order valence-corrected chi connectivity index (χ1v) is 5.83. The average molecular weight is 285 g/mol. The Bertz CT molecular complexity index is 474. The lowest BCUT2D eigenvalue weighted by molar-refractivity contribution is 0.0903. The van der Waals surface area contributed by atoms with Gasteiger partial charge in [0.1, 0.15) is 5.60 Å². The van der Waals surface area contributed by atoms with E-state index in [9.17, 15) is 5.11 Å². The number of furan rings is 1. The van der Waals surface area contributed by atoms with Crippen LogP contribution in [-0.4, -0.2) is 14.9 Å². The molecule has 86 valence electrons. The Morgan fingerprint density at radius 3 is 2.94 bits per heavy atom. The zero-order valence-electron chi connectivity index (χ0n) is 9.14. The van der Waals surface area contributed by atoms with Gasteiger partial charge in [0.05, 0.1) is 28.9 Å². The molecule has 1 unspecified atom stereocenters. The van der Waals surface area contributed by atoms with Crippen LogP contribution in [-0.2, 0) is 12.1 Å². The molecule has 0 fully saturated rings. The second kappa shape index (κ2) is 4.07. The number of hydrogen-bond donors (Lipinski definition) is 1. The average Bonchev–Trinajstić information content (AvgIpc) is 2.85. The van der Waals surface area contributed by atoms with Gasteiger partial charge < -0.3 is 9.52 Å². The molecule has 0 bridgehead atoms. The molecular weight excluding hydrogens is 272 g/mol. The minimum Gasteiger partial charge on any atom is -0.472 e. The molecule has 0 spiro atoms. The maximum Gasteiger partial charge on any atom is 0.133 e. The third-order valence-electron chi connectivity index (χ3n) is 2.64. The number of nitrogens with zero attached hydrogens (tertiary/aromatic N) is 2. The van der Waals surface area contributed by atoms with E-state index in [-0.39, 0.29) is 0 Å². The van der Waals surface area contributed by atoms with E-state index in [0.717, 1.165) is 10.2 Å². The first-order valence-electron chi connectivity index (χ1n) is 5.04. The van der Waals surface area contributed by atoms with Gasteiger partial charge in [-0.05, 0) is 35.8 Å². The molecule has 2 aromatic heterocycles. The lowest BCUT2D eigenvalue weighted by Gasteiger charge is -2.23. The predicted octanol–water partition coefficient (Wildman–Crippen LogP) is 2.51. The molecule has 0 saturated carbocycles. The molecule has 1 atom stereocenters. The third-order valence-corrected chi connectivity index (χ3v) is 3.22. The van der Waals surface area contributed by atoms with E-state index in [2.05, 4.69) is 21.0 Å². The first-order chi connectivity index (χ1) is 7.57. The Morgan fingerprint density at radius 2 is 2.38 bits per heavy atom. The van der Waals surface area contributed by atoms with Crippen LogP contribution in [0.15, 0.2) is 33.7 Å². The van der Waals surface area contributed by atoms with Crippen LogP contribution in [0.4, 0.5) is 0 Å². The van der Waals surface area contributed by atoms with Crippen molar-refractivity contribution in [3.05, 3.63) is 40.5 Å². The van der Waals surface area contributed by atoms with Crippen molar-refractivity contribution in [2.45, 2.75) is 26.0 Å². The number of aliphatic hydroxyl groups is 1. The molecule has 0 amide bonds. The molecule has 2 rings (SSSR count). The van der Waals surface area contributed by atoms with Gasteiger partial charge in [-0.3, -0.25) is 4.68 Å². The van der Waals surface area contributed by atoms with Crippen LogP contribution in [0, 0.1) is 0 Å². The normalized spacial score (nSPS) is 15.0. The van der Waals surface area contributed by atoms with Crippen LogP contribution in [0.2, 0.25) is 0 Å². The summed E-state index contributed by atoms with van der Waals surface area (Å²) in [4.78, 5) is 0. The molecule has 0 radical (unpaired) electrons. The lowest BCUT2D eigenvalue weighted by atomic mass is 9.95. The molecule has 5 heteroatoms. The lowest BCUT2D eigenvalue weighted by Crippen LogP contribution is -2.26. The smallest absolute Gasteiger partial charge is 0.133 e. The van der Waals surface area contributed by atoms with Crippen LogP contribution in [0.5, 0.6) is 0 Å². The van der Waals surface area contributed by atoms with E-state index in [4.69, 9.17) is 4.42 Å². The summed E-state index contributed by atoms with van der Waals surface area (Å²) >= 11 is 3.41. The van der Waals surface area contributed by atoms with Crippen molar-refractivity contribution in [1.82, 2.24) is 9.78 Å². The number of hydrogen-bond acceptors (Lipinski definition) is 3. The Kier molecular flexibility index (Phi) is 2.90. The summed E-state index contributed by atoms with van der Waals surface area (Å²) in [5, 5.41) is 14.8. The molecule has 0 saturated heterocycles. The summed E-state index contributed by atoms with van der Waals surface area (Å²) in [5.41, 5.74) is 0.332. The van der Waals surface area contributed by atoms with E-state index < -0.39 is 5.60 Å². The fourth-order valence-corrected chi connectivity index (χ4v) is 2.45. The van der Waals surface area contributed by atoms with Gasteiger partial charge in [0.25, 0.3) is 0 Å². The van der Waals surface area contributed by atoms with Crippen LogP contribution in [0.3, 0.4) is 0 Å². The van der Waals surface area contributed by atoms with Crippen molar-refractivity contribution >= 4 is 15.9 Å². The van der Waals surface area contributed by atoms with E-state index in [1.165, 1.54) is 0 Å². The Labute approximate surface area is 102 Å². The highest BCUT2D eigenvalue weighted by Crippen LogP contribution is 2.34. The summed E-state index contributed by atoms with van der Waals surface area (Å²) in [6, 6.07) is 1.75. The summed E-state index contributed by atoms with van der Waals surface area (Å²) in [5.74, 6) is 0. The van der Waals surface area contributed by atoms with Crippen molar-refractivity contribution in [2.24, 2.45) is 0 Å². The van der Waals surface area contributed by atoms with Crippen molar-refractivity contribution in [2.75, 3.05) is 0 Å². The van der Waals surface area contributed by atoms with Gasteiger partial charge in [-0.15, -0.1) is 0 Å². The molecule has 16 heavy (non-hydrogen) atoms. The second-order valence-corrected chi connectivity index (χ2v) is 4.60. The SMILES string of the molecule is CCn1ncc(Br)c1C(C)(O)c1ccoc1. The maximum absolute atomic E-state index is 10.6. The van der Waals surface area contributed by atoms with Crippen molar-refractivity contribution in [3.8, 4) is 0 Å². The molecule has 2 aromatic rings. The molecule has 0 aliphatic rings. The van der Waals surface area contributed by atoms with Gasteiger partial charge >= 0.3 is 0 Å². The van der Waals surface area contributed by atoms with Crippen LogP contribution >= 0.6 is 15.9 Å². The zero-order chi connectivity index (χ0) is 11.8. The minimum atomic E-state index is -1.11. The molecular formula is C11H13BrN2O2. The van der Waals surface area contributed by atoms with Crippen molar-refractivity contribution in [3.63, 3.8) is 0 Å². The van der Waals surface area contributed by atoms with Gasteiger partial charge in [-0.2, -0.15) is 5.10 Å². The highest BCUT2D eigenvalue weighted by Gasteiger charge is 2.32. The highest BCUT2D eigenvalue weighted by atomic mass is 79.9. The van der Waals surface area contributed by atoms with Gasteiger partial charge in [0.2, 0.25) is 0 Å². The molecule has 0 aliphatic heterocycles. The second-order valence-electron chi connectivity index (χ2n) is 3.74. The van der Waals surface area contributed by atoms with Crippen LogP contribution < -0.4 is 0 Å². The summed E-state index contributed by atoms with van der Waals surface area (Å²) in [6.45, 7) is 4.41. The summed E-state index contributed by atoms with van der Waals surface area (Å²) in [7, 11) is 0. The zero-order valence-corrected chi connectivity index (χ0v) is 10.7. The van der Waals surface area contributed by atoms with E-state index >= 15 is 0 Å². The van der Waals surface area contributed by atoms with Crippen molar-refractivity contribution < 1.29 is 9.52 Å². The minimum absolute atomic E-state index is 0.703. The monoisotopic (exact) mass is 284 g/mol. The quantitative estimate of drug-likeness (QED) is 0.942. The van der Waals surface area contributed by atoms with E-state index in [1.807, 2.05) is 6.92 Å². The van der Waals surface area contributed by atoms with Gasteiger partial charge in [0, 0.05) is 12.1 Å². The maximum atomic E-state index is 10.6. The van der Waals surface area contributed by atoms with Crippen molar-refractivity contribution in [1.29, 1.82) is 0 Å². The third kappa shape index (κ3) is 1.70. The Morgan fingerprint density at radius 1 is 1.62 bits per heavy atom. The fourth-order valence-electron chi connectivity index (χ4n) is 1.76. The van der Waals surface area contributed by atoms with Gasteiger partial charge in [-0.25, -0.2) is 0 Å². The molecule has 2 heterocycles. The molecule has 0 aliphatic carbocycles. The molecule has 0 aromatic carbocycles. The van der Waals surface area contributed by atoms with Crippen LogP contribution in [0.1, 0.15) is 25.1 Å². The molecule has 1 N–H and O–H groups in total. The number of aromatic nitrogens is 2. The summed E-state index contributed by atoms with van der Waals surface area (Å²) < 4.78 is 7.56. The number of halogens is 1. The summed E-state index contributed by atoms with van der Waals surface area (Å²) in [6.07, 6.45) is 4.77. The Balaban J connectivity index is 2.54. The predicted molar refractivity (Wildman–Crippen MR) is 63.0 cm³/mol. The Hall–Kier alpha value is -1.07. The standard InChI is InChI=1S/C11H13BrN2O2/c1-3-14-10(9(12)6-13-14)11(2,15)8-4-5-16-7-8/h4-7,15H,3H2,1-2H3. The largest absolute Gasteiger partial charge is 0.472 e. The fraction of sp³-hybridized carbons (Fsp3) is 0.364. The number of aryl methyl sites for hydroxylation is 1. The van der Waals surface area contributed by atoms with E-state index in [1.54, 1.807) is 36.4 Å². The first kappa shape index (κ1) is 11.4. The topological polar surface area (TPSA) is 51.2 Å².